The van der Waals surface area contributed by atoms with E-state index in [2.05, 4.69) is 20.6 Å². The maximum Gasteiger partial charge on any atom is 0.124 e. The first-order chi connectivity index (χ1) is 10.3. The second kappa shape index (κ2) is 6.14. The fourth-order valence-electron chi connectivity index (χ4n) is 2.52. The molecule has 2 aromatic heterocycles. The number of hydrogen-bond acceptors (Lipinski definition) is 3. The van der Waals surface area contributed by atoms with Gasteiger partial charge >= 0.3 is 0 Å². The molecule has 0 saturated carbocycles. The molecule has 0 fully saturated rings. The normalized spacial score (nSPS) is 11.0. The highest BCUT2D eigenvalue weighted by atomic mass is 35.5. The summed E-state index contributed by atoms with van der Waals surface area (Å²) < 4.78 is 7.55. The van der Waals surface area contributed by atoms with E-state index in [-0.39, 0.29) is 0 Å². The number of alkyl halides is 1. The summed E-state index contributed by atoms with van der Waals surface area (Å²) in [6, 6.07) is 10.0. The first-order valence-corrected chi connectivity index (χ1v) is 7.34. The van der Waals surface area contributed by atoms with E-state index < -0.39 is 0 Å². The summed E-state index contributed by atoms with van der Waals surface area (Å²) in [5.41, 5.74) is 3.13. The van der Waals surface area contributed by atoms with Crippen LogP contribution in [0.3, 0.4) is 0 Å². The lowest BCUT2D eigenvalue weighted by molar-refractivity contribution is 0.408. The van der Waals surface area contributed by atoms with Gasteiger partial charge in [0.15, 0.2) is 0 Å². The van der Waals surface area contributed by atoms with Gasteiger partial charge in [-0.1, -0.05) is 18.2 Å². The van der Waals surface area contributed by atoms with E-state index in [9.17, 15) is 0 Å². The number of aryl methyl sites for hydroxylation is 2. The molecule has 2 heterocycles. The highest BCUT2D eigenvalue weighted by Gasteiger charge is 2.10. The van der Waals surface area contributed by atoms with Gasteiger partial charge in [0.1, 0.15) is 17.1 Å². The number of imidazole rings is 1. The van der Waals surface area contributed by atoms with Crippen molar-refractivity contribution in [3.8, 4) is 5.75 Å². The minimum Gasteiger partial charge on any atom is -0.496 e. The van der Waals surface area contributed by atoms with Crippen molar-refractivity contribution in [3.63, 3.8) is 0 Å². The van der Waals surface area contributed by atoms with E-state index >= 15 is 0 Å². The molecule has 3 aromatic rings. The Bertz CT molecular complexity index is 754. The van der Waals surface area contributed by atoms with Crippen LogP contribution in [0.25, 0.3) is 11.0 Å². The van der Waals surface area contributed by atoms with Crippen LogP contribution in [0.1, 0.15) is 11.4 Å². The molecule has 0 saturated heterocycles. The Morgan fingerprint density at radius 1 is 1.24 bits per heavy atom. The standard InChI is InChI=1S/C16H16ClN3O/c1-21-15-5-3-2-4-12(15)7-9-20-14-6-8-18-11-13(14)19-16(20)10-17/h2-6,8,11H,7,9-10H2,1H3. The first-order valence-electron chi connectivity index (χ1n) is 6.80. The van der Waals surface area contributed by atoms with Gasteiger partial charge in [0.05, 0.1) is 24.7 Å². The minimum atomic E-state index is 0.389. The second-order valence-corrected chi connectivity index (χ2v) is 5.01. The number of pyridine rings is 1. The quantitative estimate of drug-likeness (QED) is 0.678. The Labute approximate surface area is 128 Å². The van der Waals surface area contributed by atoms with Gasteiger partial charge in [0, 0.05) is 12.7 Å². The molecule has 3 rings (SSSR count). The summed E-state index contributed by atoms with van der Waals surface area (Å²) in [5.74, 6) is 2.17. The highest BCUT2D eigenvalue weighted by Crippen LogP contribution is 2.21. The molecule has 0 aliphatic rings. The van der Waals surface area contributed by atoms with Crippen molar-refractivity contribution in [2.45, 2.75) is 18.8 Å². The number of benzene rings is 1. The smallest absolute Gasteiger partial charge is 0.124 e. The number of ether oxygens (including phenoxy) is 1. The Morgan fingerprint density at radius 3 is 2.90 bits per heavy atom. The van der Waals surface area contributed by atoms with Gasteiger partial charge in [0.2, 0.25) is 0 Å². The van der Waals surface area contributed by atoms with Crippen LogP contribution in [0.5, 0.6) is 5.75 Å². The molecule has 0 aliphatic carbocycles. The first kappa shape index (κ1) is 13.9. The number of halogens is 1. The van der Waals surface area contributed by atoms with Crippen LogP contribution >= 0.6 is 11.6 Å². The molecule has 5 heteroatoms. The lowest BCUT2D eigenvalue weighted by Gasteiger charge is -2.10. The van der Waals surface area contributed by atoms with E-state index in [4.69, 9.17) is 16.3 Å². The van der Waals surface area contributed by atoms with Gasteiger partial charge in [-0.2, -0.15) is 0 Å². The zero-order chi connectivity index (χ0) is 14.7. The molecule has 0 amide bonds. The van der Waals surface area contributed by atoms with Gasteiger partial charge in [0.25, 0.3) is 0 Å². The molecule has 108 valence electrons. The summed E-state index contributed by atoms with van der Waals surface area (Å²) in [5, 5.41) is 0. The molecule has 4 nitrogen and oxygen atoms in total. The monoisotopic (exact) mass is 301 g/mol. The largest absolute Gasteiger partial charge is 0.496 e. The topological polar surface area (TPSA) is 39.9 Å². The number of rotatable bonds is 5. The van der Waals surface area contributed by atoms with Crippen LogP contribution in [-0.2, 0) is 18.8 Å². The zero-order valence-electron chi connectivity index (χ0n) is 11.8. The van der Waals surface area contributed by atoms with Crippen molar-refractivity contribution < 1.29 is 4.74 Å². The Balaban J connectivity index is 1.91. The van der Waals surface area contributed by atoms with E-state index in [1.165, 1.54) is 5.56 Å². The SMILES string of the molecule is COc1ccccc1CCn1c(CCl)nc2cnccc21. The lowest BCUT2D eigenvalue weighted by atomic mass is 10.1. The molecule has 21 heavy (non-hydrogen) atoms. The summed E-state index contributed by atoms with van der Waals surface area (Å²) in [6.07, 6.45) is 4.41. The third-order valence-corrected chi connectivity index (χ3v) is 3.79. The molecule has 0 N–H and O–H groups in total. The number of para-hydroxylation sites is 1. The fourth-order valence-corrected chi connectivity index (χ4v) is 2.73. The maximum atomic E-state index is 6.02. The number of hydrogen-bond donors (Lipinski definition) is 0. The summed E-state index contributed by atoms with van der Waals surface area (Å²) in [7, 11) is 1.70. The van der Waals surface area contributed by atoms with Crippen molar-refractivity contribution in [3.05, 3.63) is 54.1 Å². The maximum absolute atomic E-state index is 6.02. The number of fused-ring (bicyclic) bond motifs is 1. The van der Waals surface area contributed by atoms with Crippen LogP contribution < -0.4 is 4.74 Å². The van der Waals surface area contributed by atoms with Crippen molar-refractivity contribution in [2.24, 2.45) is 0 Å². The number of aromatic nitrogens is 3. The molecule has 0 radical (unpaired) electrons. The zero-order valence-corrected chi connectivity index (χ0v) is 12.5. The Hall–Kier alpha value is -2.07. The van der Waals surface area contributed by atoms with Crippen LogP contribution in [0.4, 0.5) is 0 Å². The van der Waals surface area contributed by atoms with E-state index in [0.717, 1.165) is 35.6 Å². The van der Waals surface area contributed by atoms with E-state index in [1.54, 1.807) is 19.5 Å². The van der Waals surface area contributed by atoms with E-state index in [1.807, 2.05) is 24.3 Å². The third-order valence-electron chi connectivity index (χ3n) is 3.55. The van der Waals surface area contributed by atoms with Gasteiger partial charge in [-0.25, -0.2) is 4.98 Å². The van der Waals surface area contributed by atoms with Crippen LogP contribution in [0.15, 0.2) is 42.7 Å². The molecule has 0 bridgehead atoms. The van der Waals surface area contributed by atoms with Crippen LogP contribution in [-0.4, -0.2) is 21.6 Å². The summed E-state index contributed by atoms with van der Waals surface area (Å²) in [6.45, 7) is 0.808. The Morgan fingerprint density at radius 2 is 2.10 bits per heavy atom. The molecule has 1 aromatic carbocycles. The van der Waals surface area contributed by atoms with Gasteiger partial charge in [-0.15, -0.1) is 11.6 Å². The highest BCUT2D eigenvalue weighted by molar-refractivity contribution is 6.16. The minimum absolute atomic E-state index is 0.389. The van der Waals surface area contributed by atoms with Crippen LogP contribution in [0.2, 0.25) is 0 Å². The average molecular weight is 302 g/mol. The lowest BCUT2D eigenvalue weighted by Crippen LogP contribution is -2.06. The molecule has 0 aliphatic heterocycles. The van der Waals surface area contributed by atoms with Gasteiger partial charge < -0.3 is 9.30 Å². The van der Waals surface area contributed by atoms with E-state index in [0.29, 0.717) is 5.88 Å². The molecule has 0 unspecified atom stereocenters. The predicted molar refractivity (Wildman–Crippen MR) is 83.8 cm³/mol. The fraction of sp³-hybridized carbons (Fsp3) is 0.250. The molecular formula is C16H16ClN3O. The third kappa shape index (κ3) is 2.72. The second-order valence-electron chi connectivity index (χ2n) is 4.74. The molecule has 0 atom stereocenters. The molecular weight excluding hydrogens is 286 g/mol. The molecule has 0 spiro atoms. The van der Waals surface area contributed by atoms with Crippen molar-refractivity contribution in [2.75, 3.05) is 7.11 Å². The van der Waals surface area contributed by atoms with Crippen LogP contribution in [0, 0.1) is 0 Å². The summed E-state index contributed by atoms with van der Waals surface area (Å²) >= 11 is 6.02. The predicted octanol–water partition coefficient (Wildman–Crippen LogP) is 3.42. The average Bonchev–Trinajstić information content (AvgIpc) is 2.91. The van der Waals surface area contributed by atoms with Crippen molar-refractivity contribution >= 4 is 22.6 Å². The van der Waals surface area contributed by atoms with Crippen molar-refractivity contribution in [1.29, 1.82) is 0 Å². The van der Waals surface area contributed by atoms with Gasteiger partial charge in [-0.3, -0.25) is 4.98 Å². The number of methoxy groups -OCH3 is 1. The Kier molecular flexibility index (Phi) is 4.06. The van der Waals surface area contributed by atoms with Crippen molar-refractivity contribution in [1.82, 2.24) is 14.5 Å². The van der Waals surface area contributed by atoms with Gasteiger partial charge in [-0.05, 0) is 24.1 Å². The number of nitrogens with zero attached hydrogens (tertiary/aromatic N) is 3. The summed E-state index contributed by atoms with van der Waals surface area (Å²) in [4.78, 5) is 8.63.